The normalized spacial score (nSPS) is 14.1. The molecular weight excluding hydrogens is 409 g/mol. The van der Waals surface area contributed by atoms with Gasteiger partial charge >= 0.3 is 0 Å². The molecule has 7 nitrogen and oxygen atoms in total. The maximum atomic E-state index is 14.0. The average molecular weight is 438 g/mol. The van der Waals surface area contributed by atoms with Crippen LogP contribution in [0.15, 0.2) is 42.6 Å². The predicted molar refractivity (Wildman–Crippen MR) is 121 cm³/mol. The molecule has 0 spiro atoms. The lowest BCUT2D eigenvalue weighted by atomic mass is 10.2. The number of benzene rings is 1. The lowest BCUT2D eigenvalue weighted by molar-refractivity contribution is -0.131. The fourth-order valence-corrected chi connectivity index (χ4v) is 4.18. The van der Waals surface area contributed by atoms with E-state index in [1.807, 2.05) is 48.0 Å². The van der Waals surface area contributed by atoms with E-state index in [2.05, 4.69) is 10.3 Å². The van der Waals surface area contributed by atoms with Crippen molar-refractivity contribution in [2.45, 2.75) is 26.7 Å². The van der Waals surface area contributed by atoms with Crippen molar-refractivity contribution < 1.29 is 14.0 Å². The maximum absolute atomic E-state index is 14.0. The highest BCUT2D eigenvalue weighted by molar-refractivity contribution is 5.94. The topological polar surface area (TPSA) is 70.0 Å². The SMILES string of the molecule is Cc1nc2c(C)cccn2c1C(=O)NCCCC(=O)N1CCN(c2ccccc2F)CC1. The van der Waals surface area contributed by atoms with Crippen LogP contribution in [-0.4, -0.2) is 58.8 Å². The van der Waals surface area contributed by atoms with Gasteiger partial charge in [0.05, 0.1) is 11.4 Å². The van der Waals surface area contributed by atoms with E-state index in [9.17, 15) is 14.0 Å². The number of hydrogen-bond acceptors (Lipinski definition) is 4. The summed E-state index contributed by atoms with van der Waals surface area (Å²) in [5.41, 5.74) is 3.58. The molecule has 168 valence electrons. The number of carbonyl (C=O) groups excluding carboxylic acids is 2. The van der Waals surface area contributed by atoms with Crippen molar-refractivity contribution in [1.29, 1.82) is 0 Å². The number of piperazine rings is 1. The van der Waals surface area contributed by atoms with Crippen LogP contribution in [0.4, 0.5) is 10.1 Å². The minimum absolute atomic E-state index is 0.0639. The van der Waals surface area contributed by atoms with Crippen LogP contribution in [0.25, 0.3) is 5.65 Å². The Bertz CT molecular complexity index is 1130. The zero-order chi connectivity index (χ0) is 22.7. The third-order valence-electron chi connectivity index (χ3n) is 5.91. The van der Waals surface area contributed by atoms with Crippen molar-refractivity contribution >= 4 is 23.1 Å². The lowest BCUT2D eigenvalue weighted by Gasteiger charge is -2.36. The summed E-state index contributed by atoms with van der Waals surface area (Å²) in [6.45, 7) is 6.56. The summed E-state index contributed by atoms with van der Waals surface area (Å²) in [5.74, 6) is -0.361. The van der Waals surface area contributed by atoms with Crippen LogP contribution < -0.4 is 10.2 Å². The van der Waals surface area contributed by atoms with E-state index in [1.165, 1.54) is 6.07 Å². The molecule has 2 aromatic heterocycles. The third-order valence-corrected chi connectivity index (χ3v) is 5.91. The second-order valence-corrected chi connectivity index (χ2v) is 8.11. The molecule has 0 aliphatic carbocycles. The van der Waals surface area contributed by atoms with Crippen LogP contribution in [0, 0.1) is 19.7 Å². The number of hydrogen-bond donors (Lipinski definition) is 1. The van der Waals surface area contributed by atoms with E-state index in [-0.39, 0.29) is 17.6 Å². The van der Waals surface area contributed by atoms with Gasteiger partial charge in [-0.3, -0.25) is 14.0 Å². The number of nitrogens with one attached hydrogen (secondary N) is 1. The fourth-order valence-electron chi connectivity index (χ4n) is 4.18. The molecule has 8 heteroatoms. The number of rotatable bonds is 6. The lowest BCUT2D eigenvalue weighted by Crippen LogP contribution is -2.49. The summed E-state index contributed by atoms with van der Waals surface area (Å²) in [6, 6.07) is 10.6. The molecule has 1 fully saturated rings. The molecule has 3 heterocycles. The summed E-state index contributed by atoms with van der Waals surface area (Å²) >= 11 is 0. The zero-order valence-electron chi connectivity index (χ0n) is 18.5. The molecule has 1 N–H and O–H groups in total. The van der Waals surface area contributed by atoms with Crippen molar-refractivity contribution in [3.8, 4) is 0 Å². The number of aryl methyl sites for hydroxylation is 2. The molecule has 0 atom stereocenters. The number of imidazole rings is 1. The van der Waals surface area contributed by atoms with Gasteiger partial charge in [-0.1, -0.05) is 18.2 Å². The molecule has 1 aliphatic rings. The Morgan fingerprint density at radius 2 is 1.81 bits per heavy atom. The van der Waals surface area contributed by atoms with E-state index in [0.717, 1.165) is 11.2 Å². The predicted octanol–water partition coefficient (Wildman–Crippen LogP) is 2.95. The van der Waals surface area contributed by atoms with E-state index in [0.29, 0.717) is 62.6 Å². The highest BCUT2D eigenvalue weighted by atomic mass is 19.1. The summed E-state index contributed by atoms with van der Waals surface area (Å²) < 4.78 is 15.8. The molecule has 0 saturated carbocycles. The first-order valence-corrected chi connectivity index (χ1v) is 11.0. The third kappa shape index (κ3) is 4.44. The summed E-state index contributed by atoms with van der Waals surface area (Å²) in [4.78, 5) is 33.5. The van der Waals surface area contributed by atoms with E-state index < -0.39 is 0 Å². The van der Waals surface area contributed by atoms with Crippen LogP contribution in [0.3, 0.4) is 0 Å². The van der Waals surface area contributed by atoms with Crippen molar-refractivity contribution in [1.82, 2.24) is 19.6 Å². The van der Waals surface area contributed by atoms with Gasteiger partial charge in [0.2, 0.25) is 5.91 Å². The Morgan fingerprint density at radius 3 is 2.56 bits per heavy atom. The number of fused-ring (bicyclic) bond motifs is 1. The van der Waals surface area contributed by atoms with E-state index in [1.54, 1.807) is 16.5 Å². The minimum atomic E-state index is -0.237. The van der Waals surface area contributed by atoms with Crippen LogP contribution in [0.2, 0.25) is 0 Å². The van der Waals surface area contributed by atoms with Gasteiger partial charge in [-0.05, 0) is 44.0 Å². The smallest absolute Gasteiger partial charge is 0.270 e. The highest BCUT2D eigenvalue weighted by Gasteiger charge is 2.22. The fraction of sp³-hybridized carbons (Fsp3) is 0.375. The molecule has 3 aromatic rings. The molecule has 32 heavy (non-hydrogen) atoms. The molecular formula is C24H28FN5O2. The maximum Gasteiger partial charge on any atom is 0.270 e. The molecule has 2 amide bonds. The Kier molecular flexibility index (Phi) is 6.39. The number of para-hydroxylation sites is 1. The van der Waals surface area contributed by atoms with Gasteiger partial charge in [0.25, 0.3) is 5.91 Å². The molecule has 4 rings (SSSR count). The van der Waals surface area contributed by atoms with Gasteiger partial charge in [0.1, 0.15) is 17.2 Å². The Hall–Kier alpha value is -3.42. The number of pyridine rings is 1. The van der Waals surface area contributed by atoms with Crippen molar-refractivity contribution in [2.75, 3.05) is 37.6 Å². The van der Waals surface area contributed by atoms with Crippen molar-refractivity contribution in [3.63, 3.8) is 0 Å². The second-order valence-electron chi connectivity index (χ2n) is 8.11. The zero-order valence-corrected chi connectivity index (χ0v) is 18.5. The largest absolute Gasteiger partial charge is 0.366 e. The van der Waals surface area contributed by atoms with Gasteiger partial charge in [-0.25, -0.2) is 9.37 Å². The van der Waals surface area contributed by atoms with Gasteiger partial charge in [-0.2, -0.15) is 0 Å². The molecule has 1 aromatic carbocycles. The first kappa shape index (κ1) is 21.8. The number of amides is 2. The molecule has 0 unspecified atom stereocenters. The van der Waals surface area contributed by atoms with Crippen LogP contribution >= 0.6 is 0 Å². The Morgan fingerprint density at radius 1 is 1.06 bits per heavy atom. The van der Waals surface area contributed by atoms with Crippen molar-refractivity contribution in [2.24, 2.45) is 0 Å². The summed E-state index contributed by atoms with van der Waals surface area (Å²) in [6.07, 6.45) is 2.76. The van der Waals surface area contributed by atoms with E-state index in [4.69, 9.17) is 0 Å². The number of aromatic nitrogens is 2. The first-order valence-electron chi connectivity index (χ1n) is 11.0. The summed E-state index contributed by atoms with van der Waals surface area (Å²) in [7, 11) is 0. The van der Waals surface area contributed by atoms with Gasteiger partial charge in [-0.15, -0.1) is 0 Å². The Labute approximate surface area is 186 Å². The molecule has 1 aliphatic heterocycles. The standard InChI is InChI=1S/C24H28FN5O2/c1-17-7-6-12-30-22(18(2)27-23(17)30)24(32)26-11-5-10-21(31)29-15-13-28(14-16-29)20-9-4-3-8-19(20)25/h3-4,6-9,12H,5,10-11,13-16H2,1-2H3,(H,26,32). The van der Waals surface area contributed by atoms with Crippen LogP contribution in [-0.2, 0) is 4.79 Å². The second kappa shape index (κ2) is 9.38. The first-order chi connectivity index (χ1) is 15.5. The number of anilines is 1. The Balaban J connectivity index is 1.24. The molecule has 0 bridgehead atoms. The monoisotopic (exact) mass is 437 g/mol. The number of nitrogens with zero attached hydrogens (tertiary/aromatic N) is 4. The van der Waals surface area contributed by atoms with E-state index >= 15 is 0 Å². The average Bonchev–Trinajstić information content (AvgIpc) is 3.14. The minimum Gasteiger partial charge on any atom is -0.366 e. The quantitative estimate of drug-likeness (QED) is 0.602. The van der Waals surface area contributed by atoms with Crippen LogP contribution in [0.1, 0.15) is 34.6 Å². The number of halogens is 1. The molecule has 1 saturated heterocycles. The highest BCUT2D eigenvalue weighted by Crippen LogP contribution is 2.20. The van der Waals surface area contributed by atoms with Gasteiger partial charge < -0.3 is 15.1 Å². The van der Waals surface area contributed by atoms with Gasteiger partial charge in [0.15, 0.2) is 0 Å². The molecule has 0 radical (unpaired) electrons. The summed E-state index contributed by atoms with van der Waals surface area (Å²) in [5, 5.41) is 2.91. The van der Waals surface area contributed by atoms with Gasteiger partial charge in [0, 0.05) is 45.3 Å². The number of carbonyl (C=O) groups is 2. The van der Waals surface area contributed by atoms with Crippen LogP contribution in [0.5, 0.6) is 0 Å². The van der Waals surface area contributed by atoms with Crippen molar-refractivity contribution in [3.05, 3.63) is 65.4 Å².